The van der Waals surface area contributed by atoms with E-state index in [4.69, 9.17) is 4.42 Å². The third kappa shape index (κ3) is 3.83. The Morgan fingerprint density at radius 3 is 2.24 bits per heavy atom. The summed E-state index contributed by atoms with van der Waals surface area (Å²) in [6, 6.07) is 6.20. The zero-order valence-electron chi connectivity index (χ0n) is 17.4. The summed E-state index contributed by atoms with van der Waals surface area (Å²) in [5.41, 5.74) is 3.29. The Hall–Kier alpha value is -1.82. The van der Waals surface area contributed by atoms with Crippen LogP contribution in [0.5, 0.6) is 0 Å². The fraction of sp³-hybridized carbons (Fsp3) is 0.609. The molecule has 154 valence electrons. The van der Waals surface area contributed by atoms with Gasteiger partial charge in [0.25, 0.3) is 5.22 Å². The number of benzene rings is 1. The van der Waals surface area contributed by atoms with Crippen LogP contribution in [0.4, 0.5) is 0 Å². The number of nitrogens with zero attached hydrogens (tertiary/aromatic N) is 2. The van der Waals surface area contributed by atoms with Gasteiger partial charge in [-0.2, -0.15) is 0 Å². The monoisotopic (exact) mass is 411 g/mol. The van der Waals surface area contributed by atoms with E-state index in [0.717, 1.165) is 34.4 Å². The van der Waals surface area contributed by atoms with Gasteiger partial charge in [-0.3, -0.25) is 4.79 Å². The molecule has 0 unspecified atom stereocenters. The molecule has 6 rings (SSSR count). The molecule has 1 heterocycles. The van der Waals surface area contributed by atoms with Gasteiger partial charge in [-0.25, -0.2) is 0 Å². The van der Waals surface area contributed by atoms with Gasteiger partial charge < -0.3 is 9.73 Å². The van der Waals surface area contributed by atoms with Gasteiger partial charge in [-0.15, -0.1) is 10.2 Å². The van der Waals surface area contributed by atoms with E-state index in [1.165, 1.54) is 50.3 Å². The van der Waals surface area contributed by atoms with Crippen LogP contribution in [0.1, 0.15) is 56.6 Å². The lowest BCUT2D eigenvalue weighted by Crippen LogP contribution is -2.60. The number of aryl methyl sites for hydroxylation is 2. The molecule has 4 saturated carbocycles. The van der Waals surface area contributed by atoms with Crippen molar-refractivity contribution in [1.82, 2.24) is 15.5 Å². The summed E-state index contributed by atoms with van der Waals surface area (Å²) in [6.45, 7) is 6.04. The van der Waals surface area contributed by atoms with E-state index in [1.54, 1.807) is 0 Å². The number of thioether (sulfide) groups is 1. The van der Waals surface area contributed by atoms with Gasteiger partial charge in [0.1, 0.15) is 0 Å². The molecule has 4 aliphatic carbocycles. The number of hydrogen-bond acceptors (Lipinski definition) is 5. The number of amides is 1. The number of nitrogens with one attached hydrogen (secondary N) is 1. The molecule has 0 radical (unpaired) electrons. The fourth-order valence-electron chi connectivity index (χ4n) is 6.30. The first-order chi connectivity index (χ1) is 13.9. The number of carbonyl (C=O) groups excluding carboxylic acids is 1. The molecule has 6 heteroatoms. The first kappa shape index (κ1) is 19.2. The zero-order chi connectivity index (χ0) is 20.2. The van der Waals surface area contributed by atoms with E-state index in [9.17, 15) is 4.79 Å². The van der Waals surface area contributed by atoms with Crippen LogP contribution < -0.4 is 5.32 Å². The first-order valence-corrected chi connectivity index (χ1v) is 11.7. The van der Waals surface area contributed by atoms with Crippen LogP contribution in [0.2, 0.25) is 0 Å². The summed E-state index contributed by atoms with van der Waals surface area (Å²) in [6.07, 6.45) is 7.63. The lowest BCUT2D eigenvalue weighted by atomic mass is 9.53. The molecule has 0 spiro atoms. The SMILES string of the molecule is Cc1cc(C)cc(-c2nnc(S[C@@H](C)C(=O)NC34CC5CC(CC(C5)C3)C4)o2)c1. The second-order valence-electron chi connectivity index (χ2n) is 9.70. The third-order valence-corrected chi connectivity index (χ3v) is 7.88. The van der Waals surface area contributed by atoms with Crippen molar-refractivity contribution in [3.05, 3.63) is 29.3 Å². The van der Waals surface area contributed by atoms with Gasteiger partial charge in [-0.1, -0.05) is 29.0 Å². The van der Waals surface area contributed by atoms with Gasteiger partial charge in [0.2, 0.25) is 11.8 Å². The second-order valence-corrected chi connectivity index (χ2v) is 11.0. The highest BCUT2D eigenvalue weighted by molar-refractivity contribution is 8.00. The topological polar surface area (TPSA) is 68.0 Å². The van der Waals surface area contributed by atoms with Gasteiger partial charge in [-0.05, 0) is 89.2 Å². The Labute approximate surface area is 176 Å². The molecule has 1 aromatic carbocycles. The maximum Gasteiger partial charge on any atom is 0.277 e. The Kier molecular flexibility index (Phi) is 4.72. The molecule has 2 aromatic rings. The largest absolute Gasteiger partial charge is 0.411 e. The van der Waals surface area contributed by atoms with Crippen molar-refractivity contribution < 1.29 is 9.21 Å². The van der Waals surface area contributed by atoms with Crippen LogP contribution >= 0.6 is 11.8 Å². The van der Waals surface area contributed by atoms with Crippen LogP contribution in [0.15, 0.2) is 27.8 Å². The molecule has 1 N–H and O–H groups in total. The molecule has 4 fully saturated rings. The average Bonchev–Trinajstić information content (AvgIpc) is 3.08. The maximum atomic E-state index is 13.0. The summed E-state index contributed by atoms with van der Waals surface area (Å²) in [4.78, 5) is 13.0. The van der Waals surface area contributed by atoms with E-state index < -0.39 is 0 Å². The van der Waals surface area contributed by atoms with E-state index in [0.29, 0.717) is 11.1 Å². The lowest BCUT2D eigenvalue weighted by molar-refractivity contribution is -0.126. The van der Waals surface area contributed by atoms with Crippen LogP contribution in [-0.2, 0) is 4.79 Å². The highest BCUT2D eigenvalue weighted by atomic mass is 32.2. The van der Waals surface area contributed by atoms with E-state index in [2.05, 4.69) is 35.4 Å². The van der Waals surface area contributed by atoms with Crippen molar-refractivity contribution in [2.45, 2.75) is 75.3 Å². The van der Waals surface area contributed by atoms with Gasteiger partial charge in [0, 0.05) is 11.1 Å². The molecule has 5 nitrogen and oxygen atoms in total. The van der Waals surface area contributed by atoms with Crippen molar-refractivity contribution in [2.24, 2.45) is 17.8 Å². The van der Waals surface area contributed by atoms with E-state index in [-0.39, 0.29) is 16.7 Å². The highest BCUT2D eigenvalue weighted by Gasteiger charge is 2.51. The molecule has 1 amide bonds. The molecular weight excluding hydrogens is 382 g/mol. The normalized spacial score (nSPS) is 31.1. The van der Waals surface area contributed by atoms with Crippen molar-refractivity contribution in [2.75, 3.05) is 0 Å². The van der Waals surface area contributed by atoms with Gasteiger partial charge in [0.05, 0.1) is 5.25 Å². The van der Waals surface area contributed by atoms with Crippen LogP contribution in [0.3, 0.4) is 0 Å². The molecule has 0 aliphatic heterocycles. The predicted molar refractivity (Wildman–Crippen MR) is 114 cm³/mol. The Morgan fingerprint density at radius 2 is 1.66 bits per heavy atom. The summed E-state index contributed by atoms with van der Waals surface area (Å²) < 4.78 is 5.86. The number of carbonyl (C=O) groups is 1. The van der Waals surface area contributed by atoms with Crippen LogP contribution in [0.25, 0.3) is 11.5 Å². The summed E-state index contributed by atoms with van der Waals surface area (Å²) in [5.74, 6) is 3.07. The molecule has 4 aliphatic rings. The summed E-state index contributed by atoms with van der Waals surface area (Å²) in [5, 5.41) is 12.0. The van der Waals surface area contributed by atoms with Crippen LogP contribution in [0, 0.1) is 31.6 Å². The average molecular weight is 412 g/mol. The van der Waals surface area contributed by atoms with Crippen molar-refractivity contribution in [3.8, 4) is 11.5 Å². The molecule has 29 heavy (non-hydrogen) atoms. The third-order valence-electron chi connectivity index (χ3n) is 6.95. The minimum atomic E-state index is -0.254. The number of aromatic nitrogens is 2. The van der Waals surface area contributed by atoms with Gasteiger partial charge in [0.15, 0.2) is 0 Å². The van der Waals surface area contributed by atoms with Crippen molar-refractivity contribution in [1.29, 1.82) is 0 Å². The summed E-state index contributed by atoms with van der Waals surface area (Å²) >= 11 is 1.35. The minimum absolute atomic E-state index is 0.0414. The lowest BCUT2D eigenvalue weighted by Gasteiger charge is -2.57. The van der Waals surface area contributed by atoms with Gasteiger partial charge >= 0.3 is 0 Å². The Morgan fingerprint density at radius 1 is 1.07 bits per heavy atom. The Bertz CT molecular complexity index is 882. The molecule has 1 atom stereocenters. The molecular formula is C23H29N3O2S. The number of rotatable bonds is 5. The first-order valence-electron chi connectivity index (χ1n) is 10.8. The standard InChI is InChI=1S/C23H29N3O2S/c1-13-4-14(2)6-19(5-13)21-25-26-22(28-21)29-15(3)20(27)24-23-10-16-7-17(11-23)9-18(8-16)12-23/h4-6,15-18H,7-12H2,1-3H3,(H,24,27)/t15-,16?,17?,18?,23?/m0/s1. The van der Waals surface area contributed by atoms with Crippen molar-refractivity contribution >= 4 is 17.7 Å². The molecule has 1 aromatic heterocycles. The smallest absolute Gasteiger partial charge is 0.277 e. The van der Waals surface area contributed by atoms with E-state index in [1.807, 2.05) is 19.1 Å². The highest BCUT2D eigenvalue weighted by Crippen LogP contribution is 2.55. The zero-order valence-corrected chi connectivity index (χ0v) is 18.2. The number of hydrogen-bond donors (Lipinski definition) is 1. The minimum Gasteiger partial charge on any atom is -0.411 e. The quantitative estimate of drug-likeness (QED) is 0.708. The van der Waals surface area contributed by atoms with E-state index >= 15 is 0 Å². The van der Waals surface area contributed by atoms with Crippen LogP contribution in [-0.4, -0.2) is 26.9 Å². The fourth-order valence-corrected chi connectivity index (χ4v) is 6.99. The molecule has 4 bridgehead atoms. The summed E-state index contributed by atoms with van der Waals surface area (Å²) in [7, 11) is 0. The maximum absolute atomic E-state index is 13.0. The molecule has 0 saturated heterocycles. The second kappa shape index (κ2) is 7.15. The predicted octanol–water partition coefficient (Wildman–Crippen LogP) is 4.92. The van der Waals surface area contributed by atoms with Crippen molar-refractivity contribution in [3.63, 3.8) is 0 Å². The Balaban J connectivity index is 1.24.